The number of likely N-dealkylation sites (tertiary alicyclic amines) is 1. The largest absolute Gasteiger partial charge is 0.388 e. The minimum Gasteiger partial charge on any atom is -0.388 e. The van der Waals surface area contributed by atoms with Crippen molar-refractivity contribution in [2.75, 3.05) is 13.1 Å². The van der Waals surface area contributed by atoms with E-state index in [1.165, 1.54) is 6.39 Å². The molecule has 0 aromatic carbocycles. The highest BCUT2D eigenvalue weighted by molar-refractivity contribution is 4.93. The van der Waals surface area contributed by atoms with E-state index in [4.69, 9.17) is 0 Å². The zero-order valence-electron chi connectivity index (χ0n) is 6.90. The Balaban J connectivity index is 1.84. The zero-order chi connectivity index (χ0) is 8.60. The Kier molecular flexibility index (Phi) is 1.62. The number of β-amino-alcohol motifs (C(OH)–C–C–N with tert-alkyl or cyclic N) is 1. The highest BCUT2D eigenvalue weighted by Crippen LogP contribution is 2.20. The van der Waals surface area contributed by atoms with E-state index in [0.717, 1.165) is 0 Å². The molecule has 2 heterocycles. The van der Waals surface area contributed by atoms with Crippen molar-refractivity contribution < 1.29 is 9.63 Å². The monoisotopic (exact) mass is 169 g/mol. The summed E-state index contributed by atoms with van der Waals surface area (Å²) in [6.07, 6.45) is 1.31. The highest BCUT2D eigenvalue weighted by atomic mass is 16.5. The van der Waals surface area contributed by atoms with Gasteiger partial charge in [-0.15, -0.1) is 0 Å². The van der Waals surface area contributed by atoms with Gasteiger partial charge in [0.1, 0.15) is 0 Å². The van der Waals surface area contributed by atoms with Gasteiger partial charge in [-0.1, -0.05) is 5.16 Å². The van der Waals surface area contributed by atoms with E-state index in [1.807, 2.05) is 6.92 Å². The zero-order valence-corrected chi connectivity index (χ0v) is 6.90. The van der Waals surface area contributed by atoms with Gasteiger partial charge >= 0.3 is 0 Å². The first kappa shape index (κ1) is 7.70. The summed E-state index contributed by atoms with van der Waals surface area (Å²) in [7, 11) is 0. The van der Waals surface area contributed by atoms with Crippen LogP contribution in [0, 0.1) is 0 Å². The van der Waals surface area contributed by atoms with Gasteiger partial charge in [-0.05, 0) is 6.92 Å². The summed E-state index contributed by atoms with van der Waals surface area (Å²) < 4.78 is 4.59. The van der Waals surface area contributed by atoms with Crippen molar-refractivity contribution in [2.45, 2.75) is 19.1 Å². The normalized spacial score (nSPS) is 22.2. The van der Waals surface area contributed by atoms with Crippen molar-refractivity contribution in [2.24, 2.45) is 0 Å². The van der Waals surface area contributed by atoms with E-state index >= 15 is 0 Å². The van der Waals surface area contributed by atoms with Gasteiger partial charge in [-0.2, -0.15) is 4.98 Å². The smallest absolute Gasteiger partial charge is 0.213 e. The fraction of sp³-hybridized carbons (Fsp3) is 0.714. The summed E-state index contributed by atoms with van der Waals surface area (Å²) in [5.74, 6) is 0.672. The highest BCUT2D eigenvalue weighted by Gasteiger charge is 2.36. The van der Waals surface area contributed by atoms with E-state index < -0.39 is 5.60 Å². The lowest BCUT2D eigenvalue weighted by atomic mass is 9.97. The van der Waals surface area contributed by atoms with Gasteiger partial charge in [0.15, 0.2) is 5.82 Å². The first-order chi connectivity index (χ1) is 5.66. The molecule has 12 heavy (non-hydrogen) atoms. The maximum absolute atomic E-state index is 9.41. The predicted octanol–water partition coefficient (Wildman–Crippen LogP) is -0.364. The van der Waals surface area contributed by atoms with Crippen molar-refractivity contribution in [1.29, 1.82) is 0 Å². The molecule has 1 aromatic heterocycles. The van der Waals surface area contributed by atoms with Gasteiger partial charge in [-0.25, -0.2) is 0 Å². The number of nitrogens with zero attached hydrogens (tertiary/aromatic N) is 3. The first-order valence-corrected chi connectivity index (χ1v) is 3.86. The van der Waals surface area contributed by atoms with Crippen LogP contribution in [0.3, 0.4) is 0 Å². The molecule has 0 saturated carbocycles. The molecular formula is C7H11N3O2. The third-order valence-electron chi connectivity index (χ3n) is 1.90. The molecule has 1 fully saturated rings. The number of aliphatic hydroxyl groups is 1. The van der Waals surface area contributed by atoms with Gasteiger partial charge in [0.2, 0.25) is 6.39 Å². The third-order valence-corrected chi connectivity index (χ3v) is 1.90. The van der Waals surface area contributed by atoms with Gasteiger partial charge in [-0.3, -0.25) is 4.90 Å². The minimum absolute atomic E-state index is 0.524. The summed E-state index contributed by atoms with van der Waals surface area (Å²) in [6.45, 7) is 3.84. The fourth-order valence-electron chi connectivity index (χ4n) is 1.49. The van der Waals surface area contributed by atoms with E-state index in [0.29, 0.717) is 25.5 Å². The van der Waals surface area contributed by atoms with Gasteiger partial charge in [0, 0.05) is 13.1 Å². The van der Waals surface area contributed by atoms with Crippen LogP contribution in [0.5, 0.6) is 0 Å². The molecule has 0 bridgehead atoms. The molecule has 0 amide bonds. The molecule has 2 rings (SSSR count). The van der Waals surface area contributed by atoms with Crippen LogP contribution in [0.25, 0.3) is 0 Å². The van der Waals surface area contributed by atoms with Crippen molar-refractivity contribution in [3.63, 3.8) is 0 Å². The molecule has 1 aromatic rings. The van der Waals surface area contributed by atoms with Crippen LogP contribution in [-0.4, -0.2) is 38.8 Å². The predicted molar refractivity (Wildman–Crippen MR) is 40.2 cm³/mol. The molecule has 5 heteroatoms. The topological polar surface area (TPSA) is 62.4 Å². The standard InChI is InChI=1S/C7H11N3O2/c1-7(11)3-10(4-7)2-6-8-5-12-9-6/h5,11H,2-4H2,1H3. The summed E-state index contributed by atoms with van der Waals surface area (Å²) >= 11 is 0. The molecule has 5 nitrogen and oxygen atoms in total. The first-order valence-electron chi connectivity index (χ1n) is 3.86. The summed E-state index contributed by atoms with van der Waals surface area (Å²) in [6, 6.07) is 0. The molecule has 0 aliphatic carbocycles. The second-order valence-corrected chi connectivity index (χ2v) is 3.49. The van der Waals surface area contributed by atoms with Gasteiger partial charge in [0.05, 0.1) is 12.1 Å². The second-order valence-electron chi connectivity index (χ2n) is 3.49. The van der Waals surface area contributed by atoms with Crippen molar-refractivity contribution >= 4 is 0 Å². The van der Waals surface area contributed by atoms with Crippen LogP contribution in [0.15, 0.2) is 10.9 Å². The van der Waals surface area contributed by atoms with Crippen LogP contribution < -0.4 is 0 Å². The van der Waals surface area contributed by atoms with Crippen LogP contribution in [0.2, 0.25) is 0 Å². The molecule has 0 unspecified atom stereocenters. The Labute approximate surface area is 70.0 Å². The second kappa shape index (κ2) is 2.53. The van der Waals surface area contributed by atoms with E-state index in [1.54, 1.807) is 0 Å². The fourth-order valence-corrected chi connectivity index (χ4v) is 1.49. The lowest BCUT2D eigenvalue weighted by molar-refractivity contribution is -0.0882. The number of rotatable bonds is 2. The molecule has 1 N–H and O–H groups in total. The molecule has 0 radical (unpaired) electrons. The maximum Gasteiger partial charge on any atom is 0.213 e. The number of hydrogen-bond donors (Lipinski definition) is 1. The van der Waals surface area contributed by atoms with Gasteiger partial charge < -0.3 is 9.63 Å². The van der Waals surface area contributed by atoms with E-state index in [2.05, 4.69) is 19.6 Å². The van der Waals surface area contributed by atoms with E-state index in [9.17, 15) is 5.11 Å². The summed E-state index contributed by atoms with van der Waals surface area (Å²) in [5, 5.41) is 13.1. The van der Waals surface area contributed by atoms with Crippen LogP contribution in [0.1, 0.15) is 12.7 Å². The Hall–Kier alpha value is -0.940. The Morgan fingerprint density at radius 2 is 2.50 bits per heavy atom. The molecule has 0 spiro atoms. The third kappa shape index (κ3) is 1.46. The van der Waals surface area contributed by atoms with Crippen LogP contribution in [0.4, 0.5) is 0 Å². The lowest BCUT2D eigenvalue weighted by Gasteiger charge is -2.43. The lowest BCUT2D eigenvalue weighted by Crippen LogP contribution is -2.59. The number of aromatic nitrogens is 2. The van der Waals surface area contributed by atoms with Gasteiger partial charge in [0.25, 0.3) is 0 Å². The molecule has 66 valence electrons. The number of hydrogen-bond acceptors (Lipinski definition) is 5. The average molecular weight is 169 g/mol. The van der Waals surface area contributed by atoms with Crippen molar-refractivity contribution in [1.82, 2.24) is 15.0 Å². The average Bonchev–Trinajstić information content (AvgIpc) is 2.35. The SMILES string of the molecule is CC1(O)CN(Cc2ncon2)C1. The quantitative estimate of drug-likeness (QED) is 0.654. The van der Waals surface area contributed by atoms with Crippen molar-refractivity contribution in [3.8, 4) is 0 Å². The Bertz CT molecular complexity index is 250. The summed E-state index contributed by atoms with van der Waals surface area (Å²) in [5.41, 5.74) is -0.524. The van der Waals surface area contributed by atoms with Crippen molar-refractivity contribution in [3.05, 3.63) is 12.2 Å². The molecule has 1 aliphatic heterocycles. The van der Waals surface area contributed by atoms with E-state index in [-0.39, 0.29) is 0 Å². The van der Waals surface area contributed by atoms with Crippen LogP contribution in [-0.2, 0) is 6.54 Å². The molecule has 0 atom stereocenters. The van der Waals surface area contributed by atoms with Crippen LogP contribution >= 0.6 is 0 Å². The Morgan fingerprint density at radius 1 is 1.75 bits per heavy atom. The Morgan fingerprint density at radius 3 is 3.00 bits per heavy atom. The summed E-state index contributed by atoms with van der Waals surface area (Å²) in [4.78, 5) is 5.95. The molecule has 1 aliphatic rings. The molecule has 1 saturated heterocycles. The maximum atomic E-state index is 9.41. The minimum atomic E-state index is -0.524. The molecular weight excluding hydrogens is 158 g/mol.